The number of anilines is 1. The molecule has 3 aromatic rings. The van der Waals surface area contributed by atoms with Gasteiger partial charge >= 0.3 is 0 Å². The SMILES string of the molecule is Fc1ccc(N2C=C3CC4(CCCC4)CN3C2c2ccc3ncccc3c2)cc1. The van der Waals surface area contributed by atoms with Gasteiger partial charge < -0.3 is 9.80 Å². The molecule has 4 heteroatoms. The van der Waals surface area contributed by atoms with Gasteiger partial charge in [0.05, 0.1) is 5.52 Å². The van der Waals surface area contributed by atoms with Gasteiger partial charge in [0, 0.05) is 35.7 Å². The summed E-state index contributed by atoms with van der Waals surface area (Å²) < 4.78 is 13.5. The van der Waals surface area contributed by atoms with Crippen LogP contribution in [0.4, 0.5) is 10.1 Å². The van der Waals surface area contributed by atoms with Gasteiger partial charge in [0.2, 0.25) is 0 Å². The molecule has 1 aliphatic carbocycles. The summed E-state index contributed by atoms with van der Waals surface area (Å²) in [7, 11) is 0. The second-order valence-corrected chi connectivity index (χ2v) is 8.85. The first-order valence-electron chi connectivity index (χ1n) is 10.6. The van der Waals surface area contributed by atoms with E-state index in [1.165, 1.54) is 36.9 Å². The van der Waals surface area contributed by atoms with E-state index < -0.39 is 0 Å². The molecule has 3 heterocycles. The molecule has 3 aliphatic rings. The number of halogens is 1. The molecule has 1 saturated carbocycles. The number of hydrogen-bond donors (Lipinski definition) is 0. The van der Waals surface area contributed by atoms with E-state index in [4.69, 9.17) is 0 Å². The lowest BCUT2D eigenvalue weighted by molar-refractivity contribution is 0.233. The fourth-order valence-corrected chi connectivity index (χ4v) is 5.63. The summed E-state index contributed by atoms with van der Waals surface area (Å²) >= 11 is 0. The van der Waals surface area contributed by atoms with Crippen molar-refractivity contribution in [2.75, 3.05) is 11.4 Å². The van der Waals surface area contributed by atoms with Crippen molar-refractivity contribution in [1.29, 1.82) is 0 Å². The third kappa shape index (κ3) is 2.73. The Morgan fingerprint density at radius 2 is 1.83 bits per heavy atom. The summed E-state index contributed by atoms with van der Waals surface area (Å²) in [5, 5.41) is 1.16. The Labute approximate surface area is 170 Å². The number of fused-ring (bicyclic) bond motifs is 2. The zero-order valence-corrected chi connectivity index (χ0v) is 16.4. The molecule has 0 N–H and O–H groups in total. The van der Waals surface area contributed by atoms with Gasteiger partial charge in [-0.15, -0.1) is 0 Å². The van der Waals surface area contributed by atoms with Crippen molar-refractivity contribution in [2.24, 2.45) is 5.41 Å². The van der Waals surface area contributed by atoms with Crippen molar-refractivity contribution in [3.05, 3.63) is 84.1 Å². The fraction of sp³-hybridized carbons (Fsp3) is 0.320. The highest BCUT2D eigenvalue weighted by Gasteiger charge is 2.48. The normalized spacial score (nSPS) is 22.5. The van der Waals surface area contributed by atoms with Gasteiger partial charge in [-0.05, 0) is 72.7 Å². The van der Waals surface area contributed by atoms with Crippen molar-refractivity contribution in [1.82, 2.24) is 9.88 Å². The van der Waals surface area contributed by atoms with Crippen LogP contribution in [0.25, 0.3) is 10.9 Å². The van der Waals surface area contributed by atoms with Gasteiger partial charge in [-0.1, -0.05) is 25.0 Å². The van der Waals surface area contributed by atoms with Gasteiger partial charge in [-0.2, -0.15) is 0 Å². The molecule has 1 atom stereocenters. The Balaban J connectivity index is 1.45. The molecule has 1 unspecified atom stereocenters. The van der Waals surface area contributed by atoms with Gasteiger partial charge in [0.1, 0.15) is 12.0 Å². The second kappa shape index (κ2) is 6.31. The lowest BCUT2D eigenvalue weighted by Crippen LogP contribution is -2.34. The molecule has 6 rings (SSSR count). The Morgan fingerprint density at radius 3 is 2.66 bits per heavy atom. The Morgan fingerprint density at radius 1 is 1.00 bits per heavy atom. The molecule has 2 aliphatic heterocycles. The summed E-state index contributed by atoms with van der Waals surface area (Å²) in [6.07, 6.45) is 10.8. The van der Waals surface area contributed by atoms with Crippen LogP contribution in [0.2, 0.25) is 0 Å². The van der Waals surface area contributed by atoms with Gasteiger partial charge in [0.15, 0.2) is 0 Å². The molecule has 1 saturated heterocycles. The molecule has 146 valence electrons. The minimum absolute atomic E-state index is 0.111. The van der Waals surface area contributed by atoms with E-state index in [1.54, 1.807) is 12.1 Å². The first kappa shape index (κ1) is 17.0. The minimum Gasteiger partial charge on any atom is -0.349 e. The molecule has 0 bridgehead atoms. The second-order valence-electron chi connectivity index (χ2n) is 8.85. The van der Waals surface area contributed by atoms with Crippen LogP contribution in [0.15, 0.2) is 72.7 Å². The predicted octanol–water partition coefficient (Wildman–Crippen LogP) is 6.00. The number of rotatable bonds is 2. The van der Waals surface area contributed by atoms with Gasteiger partial charge in [0.25, 0.3) is 0 Å². The minimum atomic E-state index is -0.195. The molecule has 3 nitrogen and oxygen atoms in total. The summed E-state index contributed by atoms with van der Waals surface area (Å²) in [6, 6.07) is 17.6. The van der Waals surface area contributed by atoms with Crippen LogP contribution in [0.3, 0.4) is 0 Å². The largest absolute Gasteiger partial charge is 0.349 e. The first-order valence-corrected chi connectivity index (χ1v) is 10.6. The van der Waals surface area contributed by atoms with Crippen LogP contribution < -0.4 is 4.90 Å². The Bertz CT molecular complexity index is 1100. The highest BCUT2D eigenvalue weighted by Crippen LogP contribution is 2.54. The van der Waals surface area contributed by atoms with Crippen LogP contribution in [-0.2, 0) is 0 Å². The number of hydrogen-bond acceptors (Lipinski definition) is 3. The zero-order chi connectivity index (χ0) is 19.4. The van der Waals surface area contributed by atoms with Crippen molar-refractivity contribution in [3.63, 3.8) is 0 Å². The standard InChI is InChI=1S/C25H24FN3/c26-20-6-8-21(9-7-20)28-16-22-15-25(11-1-2-12-25)17-29(22)24(28)19-5-10-23-18(14-19)4-3-13-27-23/h3-10,13-14,16,24H,1-2,11-12,15,17H2. The quantitative estimate of drug-likeness (QED) is 0.539. The molecule has 0 radical (unpaired) electrons. The summed E-state index contributed by atoms with van der Waals surface area (Å²) in [6.45, 7) is 1.12. The third-order valence-corrected chi connectivity index (χ3v) is 6.99. The van der Waals surface area contributed by atoms with Crippen LogP contribution in [0.5, 0.6) is 0 Å². The molecule has 29 heavy (non-hydrogen) atoms. The predicted molar refractivity (Wildman–Crippen MR) is 114 cm³/mol. The van der Waals surface area contributed by atoms with Crippen LogP contribution >= 0.6 is 0 Å². The maximum Gasteiger partial charge on any atom is 0.132 e. The van der Waals surface area contributed by atoms with E-state index in [-0.39, 0.29) is 12.0 Å². The molecule has 1 spiro atoms. The van der Waals surface area contributed by atoms with E-state index >= 15 is 0 Å². The summed E-state index contributed by atoms with van der Waals surface area (Å²) in [5.41, 5.74) is 5.19. The van der Waals surface area contributed by atoms with Gasteiger partial charge in [-0.3, -0.25) is 4.98 Å². The Hall–Kier alpha value is -2.88. The molecule has 2 fully saturated rings. The molecule has 1 aromatic heterocycles. The average Bonchev–Trinajstić information content (AvgIpc) is 3.43. The van der Waals surface area contributed by atoms with Crippen LogP contribution in [-0.4, -0.2) is 16.4 Å². The smallest absolute Gasteiger partial charge is 0.132 e. The average molecular weight is 385 g/mol. The van der Waals surface area contributed by atoms with Crippen molar-refractivity contribution in [2.45, 2.75) is 38.3 Å². The van der Waals surface area contributed by atoms with E-state index in [0.29, 0.717) is 5.41 Å². The van der Waals surface area contributed by atoms with Crippen molar-refractivity contribution < 1.29 is 4.39 Å². The lowest BCUT2D eigenvalue weighted by Gasteiger charge is -2.35. The van der Waals surface area contributed by atoms with E-state index in [0.717, 1.165) is 29.6 Å². The van der Waals surface area contributed by atoms with Crippen molar-refractivity contribution >= 4 is 16.6 Å². The third-order valence-electron chi connectivity index (χ3n) is 6.99. The highest BCUT2D eigenvalue weighted by atomic mass is 19.1. The number of aromatic nitrogens is 1. The van der Waals surface area contributed by atoms with Crippen LogP contribution in [0, 0.1) is 11.2 Å². The molecular formula is C25H24FN3. The number of pyridine rings is 1. The topological polar surface area (TPSA) is 19.4 Å². The van der Waals surface area contributed by atoms with Crippen molar-refractivity contribution in [3.8, 4) is 0 Å². The van der Waals surface area contributed by atoms with E-state index in [1.807, 2.05) is 24.4 Å². The number of allylic oxidation sites excluding steroid dienone is 1. The Kier molecular flexibility index (Phi) is 3.70. The molecule has 2 aromatic carbocycles. The maximum absolute atomic E-state index is 13.5. The zero-order valence-electron chi connectivity index (χ0n) is 16.4. The number of benzene rings is 2. The first-order chi connectivity index (χ1) is 14.2. The lowest BCUT2D eigenvalue weighted by atomic mass is 9.85. The van der Waals surface area contributed by atoms with E-state index in [2.05, 4.69) is 45.2 Å². The summed E-state index contributed by atoms with van der Waals surface area (Å²) in [4.78, 5) is 9.38. The fourth-order valence-electron chi connectivity index (χ4n) is 5.63. The number of nitrogens with zero attached hydrogens (tertiary/aromatic N) is 3. The van der Waals surface area contributed by atoms with Gasteiger partial charge in [-0.25, -0.2) is 4.39 Å². The summed E-state index contributed by atoms with van der Waals surface area (Å²) in [5.74, 6) is -0.195. The maximum atomic E-state index is 13.5. The van der Waals surface area contributed by atoms with E-state index in [9.17, 15) is 4.39 Å². The van der Waals surface area contributed by atoms with Crippen LogP contribution in [0.1, 0.15) is 43.8 Å². The molecule has 0 amide bonds. The monoisotopic (exact) mass is 385 g/mol. The molecular weight excluding hydrogens is 361 g/mol. The highest BCUT2D eigenvalue weighted by molar-refractivity contribution is 5.79.